The second-order valence-corrected chi connectivity index (χ2v) is 9.56. The molecule has 168 valence electrons. The lowest BCUT2D eigenvalue weighted by Gasteiger charge is -2.37. The second kappa shape index (κ2) is 9.53. The van der Waals surface area contributed by atoms with Crippen LogP contribution in [0.25, 0.3) is 10.9 Å². The summed E-state index contributed by atoms with van der Waals surface area (Å²) < 4.78 is 0. The fourth-order valence-electron chi connectivity index (χ4n) is 5.32. The van der Waals surface area contributed by atoms with Gasteiger partial charge in [-0.3, -0.25) is 19.4 Å². The van der Waals surface area contributed by atoms with Crippen molar-refractivity contribution in [3.63, 3.8) is 0 Å². The highest BCUT2D eigenvalue weighted by molar-refractivity contribution is 6.11. The van der Waals surface area contributed by atoms with E-state index < -0.39 is 0 Å². The topological polar surface area (TPSA) is 68.4 Å². The molecule has 1 saturated carbocycles. The summed E-state index contributed by atoms with van der Waals surface area (Å²) in [4.78, 5) is 33.6. The average Bonchev–Trinajstić information content (AvgIpc) is 3.09. The van der Waals surface area contributed by atoms with Crippen LogP contribution in [0.3, 0.4) is 0 Å². The number of nitrogens with zero attached hydrogens (tertiary/aromatic N) is 2. The molecule has 1 aromatic carbocycles. The fraction of sp³-hybridized carbons (Fsp3) is 0.600. The van der Waals surface area contributed by atoms with E-state index in [-0.39, 0.29) is 17.7 Å². The van der Waals surface area contributed by atoms with Gasteiger partial charge in [-0.15, -0.1) is 0 Å². The minimum atomic E-state index is -0.169. The zero-order valence-corrected chi connectivity index (χ0v) is 19.1. The third-order valence-electron chi connectivity index (χ3n) is 7.14. The predicted molar refractivity (Wildman–Crippen MR) is 124 cm³/mol. The van der Waals surface area contributed by atoms with Crippen LogP contribution >= 0.6 is 0 Å². The number of hydrogen-bond acceptors (Lipinski definition) is 4. The first-order valence-corrected chi connectivity index (χ1v) is 11.8. The number of para-hydroxylation sites is 1. The monoisotopic (exact) mass is 424 g/mol. The summed E-state index contributed by atoms with van der Waals surface area (Å²) >= 11 is 0. The van der Waals surface area contributed by atoms with E-state index in [2.05, 4.69) is 27.0 Å². The predicted octanol–water partition coefficient (Wildman–Crippen LogP) is 3.36. The van der Waals surface area contributed by atoms with E-state index in [9.17, 15) is 9.59 Å². The maximum Gasteiger partial charge on any atom is 0.234 e. The number of rotatable bonds is 6. The molecule has 0 spiro atoms. The van der Waals surface area contributed by atoms with Gasteiger partial charge >= 0.3 is 0 Å². The Hall–Kier alpha value is -2.18. The molecule has 1 aromatic heterocycles. The minimum Gasteiger partial charge on any atom is -0.358 e. The van der Waals surface area contributed by atoms with Crippen molar-refractivity contribution in [2.75, 3.05) is 32.7 Å². The summed E-state index contributed by atoms with van der Waals surface area (Å²) in [6.07, 6.45) is 4.71. The maximum absolute atomic E-state index is 13.3. The number of aryl methyl sites for hydroxylation is 1. The van der Waals surface area contributed by atoms with Crippen molar-refractivity contribution in [1.29, 1.82) is 0 Å². The van der Waals surface area contributed by atoms with Crippen molar-refractivity contribution in [3.05, 3.63) is 35.5 Å². The van der Waals surface area contributed by atoms with Crippen LogP contribution < -0.4 is 5.32 Å². The SMILES string of the molecule is Cc1[nH]c2ccccc2c1C(=O)C(C)N1CCN(CC(=O)NC2CCCC(C)C2)CC1. The van der Waals surface area contributed by atoms with Crippen LogP contribution in [0.15, 0.2) is 24.3 Å². The van der Waals surface area contributed by atoms with Crippen molar-refractivity contribution >= 4 is 22.6 Å². The highest BCUT2D eigenvalue weighted by atomic mass is 16.2. The van der Waals surface area contributed by atoms with Gasteiger partial charge in [0, 0.05) is 54.4 Å². The van der Waals surface area contributed by atoms with Gasteiger partial charge < -0.3 is 10.3 Å². The van der Waals surface area contributed by atoms with E-state index in [1.165, 1.54) is 12.8 Å². The number of fused-ring (bicyclic) bond motifs is 1. The molecule has 31 heavy (non-hydrogen) atoms. The number of amides is 1. The third-order valence-corrected chi connectivity index (χ3v) is 7.14. The summed E-state index contributed by atoms with van der Waals surface area (Å²) in [6, 6.07) is 8.17. The van der Waals surface area contributed by atoms with Gasteiger partial charge in [-0.05, 0) is 38.7 Å². The molecule has 2 aliphatic rings. The van der Waals surface area contributed by atoms with E-state index in [4.69, 9.17) is 0 Å². The zero-order valence-electron chi connectivity index (χ0n) is 19.1. The van der Waals surface area contributed by atoms with Crippen LogP contribution in [-0.2, 0) is 4.79 Å². The molecule has 0 bridgehead atoms. The maximum atomic E-state index is 13.3. The molecule has 2 fully saturated rings. The number of ketones is 1. The lowest BCUT2D eigenvalue weighted by atomic mass is 9.87. The van der Waals surface area contributed by atoms with Gasteiger partial charge in [-0.1, -0.05) is 38.0 Å². The van der Waals surface area contributed by atoms with E-state index in [1.54, 1.807) is 0 Å². The molecule has 4 rings (SSSR count). The number of carbonyl (C=O) groups is 2. The summed E-state index contributed by atoms with van der Waals surface area (Å²) in [5.74, 6) is 1.03. The van der Waals surface area contributed by atoms with Crippen molar-refractivity contribution in [1.82, 2.24) is 20.1 Å². The first-order valence-electron chi connectivity index (χ1n) is 11.8. The van der Waals surface area contributed by atoms with E-state index in [1.807, 2.05) is 38.1 Å². The molecule has 3 unspecified atom stereocenters. The number of benzene rings is 1. The Bertz CT molecular complexity index is 929. The Morgan fingerprint density at radius 3 is 2.65 bits per heavy atom. The first kappa shape index (κ1) is 22.0. The van der Waals surface area contributed by atoms with Gasteiger partial charge in [-0.2, -0.15) is 0 Å². The van der Waals surface area contributed by atoms with Crippen molar-refractivity contribution in [2.45, 2.75) is 58.5 Å². The molecular weight excluding hydrogens is 388 g/mol. The Kier molecular flexibility index (Phi) is 6.77. The van der Waals surface area contributed by atoms with Crippen LogP contribution in [0.5, 0.6) is 0 Å². The molecule has 0 radical (unpaired) electrons. The number of H-pyrrole nitrogens is 1. The Morgan fingerprint density at radius 2 is 1.90 bits per heavy atom. The summed E-state index contributed by atoms with van der Waals surface area (Å²) in [7, 11) is 0. The summed E-state index contributed by atoms with van der Waals surface area (Å²) in [5, 5.41) is 4.24. The molecule has 1 aliphatic heterocycles. The van der Waals surface area contributed by atoms with Crippen LogP contribution in [0, 0.1) is 12.8 Å². The van der Waals surface area contributed by atoms with Gasteiger partial charge in [0.2, 0.25) is 5.91 Å². The molecule has 2 N–H and O–H groups in total. The summed E-state index contributed by atoms with van der Waals surface area (Å²) in [6.45, 7) is 9.97. The lowest BCUT2D eigenvalue weighted by molar-refractivity contribution is -0.123. The molecule has 3 atom stereocenters. The molecule has 2 aromatic rings. The van der Waals surface area contributed by atoms with Gasteiger partial charge in [-0.25, -0.2) is 0 Å². The number of aromatic amines is 1. The molecule has 2 heterocycles. The molecule has 1 amide bonds. The number of piperazine rings is 1. The lowest BCUT2D eigenvalue weighted by Crippen LogP contribution is -2.54. The van der Waals surface area contributed by atoms with Crippen LogP contribution in [0.2, 0.25) is 0 Å². The van der Waals surface area contributed by atoms with E-state index >= 15 is 0 Å². The normalized spacial score (nSPS) is 24.2. The second-order valence-electron chi connectivity index (χ2n) is 9.56. The third kappa shape index (κ3) is 5.01. The highest BCUT2D eigenvalue weighted by Crippen LogP contribution is 2.25. The number of carbonyl (C=O) groups excluding carboxylic acids is 2. The first-order chi connectivity index (χ1) is 14.9. The molecule has 6 heteroatoms. The molecule has 1 aliphatic carbocycles. The smallest absolute Gasteiger partial charge is 0.234 e. The number of Topliss-reactive ketones (excluding diaryl/α,β-unsaturated/α-hetero) is 1. The number of hydrogen-bond donors (Lipinski definition) is 2. The average molecular weight is 425 g/mol. The van der Waals surface area contributed by atoms with E-state index in [0.29, 0.717) is 18.5 Å². The Balaban J connectivity index is 1.29. The number of aromatic nitrogens is 1. The van der Waals surface area contributed by atoms with Crippen LogP contribution in [0.4, 0.5) is 0 Å². The van der Waals surface area contributed by atoms with Crippen LogP contribution in [0.1, 0.15) is 55.6 Å². The van der Waals surface area contributed by atoms with Crippen molar-refractivity contribution in [3.8, 4) is 0 Å². The number of nitrogens with one attached hydrogen (secondary N) is 2. The van der Waals surface area contributed by atoms with Gasteiger partial charge in [0.05, 0.1) is 12.6 Å². The Morgan fingerprint density at radius 1 is 1.16 bits per heavy atom. The van der Waals surface area contributed by atoms with Crippen molar-refractivity contribution < 1.29 is 9.59 Å². The van der Waals surface area contributed by atoms with Gasteiger partial charge in [0.1, 0.15) is 0 Å². The van der Waals surface area contributed by atoms with Crippen molar-refractivity contribution in [2.24, 2.45) is 5.92 Å². The summed E-state index contributed by atoms with van der Waals surface area (Å²) in [5.41, 5.74) is 2.76. The van der Waals surface area contributed by atoms with Gasteiger partial charge in [0.25, 0.3) is 0 Å². The minimum absolute atomic E-state index is 0.145. The van der Waals surface area contributed by atoms with Gasteiger partial charge in [0.15, 0.2) is 5.78 Å². The fourth-order valence-corrected chi connectivity index (χ4v) is 5.32. The molecule has 6 nitrogen and oxygen atoms in total. The standard InChI is InChI=1S/C25H36N4O2/c1-17-7-6-8-20(15-17)27-23(30)16-28-11-13-29(14-12-28)19(3)25(31)24-18(2)26-22-10-5-4-9-21(22)24/h4-5,9-10,17,19-20,26H,6-8,11-16H2,1-3H3,(H,27,30). The Labute approximate surface area is 185 Å². The molecular formula is C25H36N4O2. The highest BCUT2D eigenvalue weighted by Gasteiger charge is 2.29. The zero-order chi connectivity index (χ0) is 22.0. The van der Waals surface area contributed by atoms with Crippen LogP contribution in [-0.4, -0.2) is 71.3 Å². The quantitative estimate of drug-likeness (QED) is 0.698. The molecule has 1 saturated heterocycles. The van der Waals surface area contributed by atoms with E-state index in [0.717, 1.165) is 61.2 Å². The largest absolute Gasteiger partial charge is 0.358 e.